The Morgan fingerprint density at radius 1 is 1.35 bits per heavy atom. The second-order valence-electron chi connectivity index (χ2n) is 5.79. The van der Waals surface area contributed by atoms with Crippen LogP contribution < -0.4 is 5.32 Å². The zero-order chi connectivity index (χ0) is 14.9. The standard InChI is InChI=1S/C15H18FN3O/c1-9-12(17-14(20)15(2,3)4)13(19-18-9)10-6-5-7-11(16)8-10/h5-8H,1-4H3,(H,17,20)(H,18,19). The largest absolute Gasteiger partial charge is 0.322 e. The SMILES string of the molecule is Cc1[nH]nc(-c2cccc(F)c2)c1NC(=O)C(C)(C)C. The minimum atomic E-state index is -0.511. The van der Waals surface area contributed by atoms with Gasteiger partial charge in [0.05, 0.1) is 11.4 Å². The van der Waals surface area contributed by atoms with Crippen LogP contribution in [0.2, 0.25) is 0 Å². The van der Waals surface area contributed by atoms with E-state index in [0.29, 0.717) is 16.9 Å². The van der Waals surface area contributed by atoms with Crippen molar-refractivity contribution < 1.29 is 9.18 Å². The maximum absolute atomic E-state index is 13.3. The summed E-state index contributed by atoms with van der Waals surface area (Å²) in [5.41, 5.74) is 1.98. The van der Waals surface area contributed by atoms with Gasteiger partial charge in [-0.25, -0.2) is 4.39 Å². The van der Waals surface area contributed by atoms with Gasteiger partial charge in [0.2, 0.25) is 5.91 Å². The molecule has 1 amide bonds. The van der Waals surface area contributed by atoms with Crippen LogP contribution in [0.25, 0.3) is 11.3 Å². The molecule has 0 atom stereocenters. The van der Waals surface area contributed by atoms with Crippen LogP contribution in [-0.4, -0.2) is 16.1 Å². The molecule has 0 saturated carbocycles. The van der Waals surface area contributed by atoms with Crippen LogP contribution in [0.15, 0.2) is 24.3 Å². The number of anilines is 1. The fourth-order valence-electron chi connectivity index (χ4n) is 1.73. The lowest BCUT2D eigenvalue weighted by molar-refractivity contribution is -0.123. The molecule has 0 fully saturated rings. The lowest BCUT2D eigenvalue weighted by Gasteiger charge is -2.18. The third-order valence-electron chi connectivity index (χ3n) is 2.96. The van der Waals surface area contributed by atoms with Crippen LogP contribution in [0, 0.1) is 18.2 Å². The number of aryl methyl sites for hydroxylation is 1. The molecular formula is C15H18FN3O. The summed E-state index contributed by atoms with van der Waals surface area (Å²) in [5, 5.41) is 9.84. The van der Waals surface area contributed by atoms with E-state index in [9.17, 15) is 9.18 Å². The average Bonchev–Trinajstić information content (AvgIpc) is 2.70. The van der Waals surface area contributed by atoms with E-state index in [1.807, 2.05) is 27.7 Å². The van der Waals surface area contributed by atoms with E-state index >= 15 is 0 Å². The van der Waals surface area contributed by atoms with Gasteiger partial charge in [-0.2, -0.15) is 5.10 Å². The number of nitrogens with one attached hydrogen (secondary N) is 2. The molecule has 0 radical (unpaired) electrons. The molecule has 20 heavy (non-hydrogen) atoms. The van der Waals surface area contributed by atoms with Crippen LogP contribution in [0.1, 0.15) is 26.5 Å². The molecule has 1 aromatic heterocycles. The summed E-state index contributed by atoms with van der Waals surface area (Å²) in [6.45, 7) is 7.31. The van der Waals surface area contributed by atoms with Gasteiger partial charge in [-0.1, -0.05) is 32.9 Å². The molecule has 1 aromatic carbocycles. The molecule has 2 N–H and O–H groups in total. The van der Waals surface area contributed by atoms with E-state index in [4.69, 9.17) is 0 Å². The maximum Gasteiger partial charge on any atom is 0.229 e. The van der Waals surface area contributed by atoms with Crippen molar-refractivity contribution in [3.05, 3.63) is 35.8 Å². The van der Waals surface area contributed by atoms with E-state index in [2.05, 4.69) is 15.5 Å². The number of hydrogen-bond acceptors (Lipinski definition) is 2. The van der Waals surface area contributed by atoms with Crippen molar-refractivity contribution in [2.75, 3.05) is 5.32 Å². The minimum Gasteiger partial charge on any atom is -0.322 e. The monoisotopic (exact) mass is 275 g/mol. The molecule has 0 unspecified atom stereocenters. The zero-order valence-corrected chi connectivity index (χ0v) is 12.0. The normalized spacial score (nSPS) is 11.4. The van der Waals surface area contributed by atoms with Gasteiger partial charge >= 0.3 is 0 Å². The van der Waals surface area contributed by atoms with Gasteiger partial charge in [0.25, 0.3) is 0 Å². The lowest BCUT2D eigenvalue weighted by Crippen LogP contribution is -2.28. The number of hydrogen-bond donors (Lipinski definition) is 2. The molecule has 5 heteroatoms. The number of H-pyrrole nitrogens is 1. The van der Waals surface area contributed by atoms with E-state index in [0.717, 1.165) is 5.69 Å². The Balaban J connectivity index is 2.40. The van der Waals surface area contributed by atoms with Crippen LogP contribution in [0.3, 0.4) is 0 Å². The molecule has 0 aliphatic carbocycles. The molecule has 0 spiro atoms. The Kier molecular flexibility index (Phi) is 3.61. The van der Waals surface area contributed by atoms with Crippen LogP contribution in [0.5, 0.6) is 0 Å². The quantitative estimate of drug-likeness (QED) is 0.881. The van der Waals surface area contributed by atoms with E-state index < -0.39 is 5.41 Å². The topological polar surface area (TPSA) is 57.8 Å². The molecule has 1 heterocycles. The minimum absolute atomic E-state index is 0.111. The second kappa shape index (κ2) is 5.07. The number of aromatic nitrogens is 2. The number of halogens is 1. The molecule has 0 saturated heterocycles. The first-order chi connectivity index (χ1) is 9.29. The molecule has 0 aliphatic rings. The van der Waals surface area contributed by atoms with Gasteiger partial charge in [0.1, 0.15) is 11.5 Å². The van der Waals surface area contributed by atoms with Gasteiger partial charge in [-0.15, -0.1) is 0 Å². The van der Waals surface area contributed by atoms with Crippen LogP contribution in [-0.2, 0) is 4.79 Å². The highest BCUT2D eigenvalue weighted by Crippen LogP contribution is 2.30. The predicted octanol–water partition coefficient (Wildman–Crippen LogP) is 3.51. The Hall–Kier alpha value is -2.17. The highest BCUT2D eigenvalue weighted by atomic mass is 19.1. The number of carbonyl (C=O) groups is 1. The smallest absolute Gasteiger partial charge is 0.229 e. The first-order valence-electron chi connectivity index (χ1n) is 6.41. The Morgan fingerprint density at radius 3 is 2.65 bits per heavy atom. The summed E-state index contributed by atoms with van der Waals surface area (Å²) in [6.07, 6.45) is 0. The summed E-state index contributed by atoms with van der Waals surface area (Å²) < 4.78 is 13.3. The fourth-order valence-corrected chi connectivity index (χ4v) is 1.73. The summed E-state index contributed by atoms with van der Waals surface area (Å²) in [7, 11) is 0. The van der Waals surface area contributed by atoms with Gasteiger partial charge in [-0.05, 0) is 19.1 Å². The van der Waals surface area contributed by atoms with Crippen molar-refractivity contribution in [3.63, 3.8) is 0 Å². The van der Waals surface area contributed by atoms with Gasteiger partial charge in [0, 0.05) is 11.0 Å². The Bertz CT molecular complexity index is 641. The van der Waals surface area contributed by atoms with Crippen molar-refractivity contribution in [1.29, 1.82) is 0 Å². The highest BCUT2D eigenvalue weighted by molar-refractivity contribution is 5.98. The number of amides is 1. The van der Waals surface area contributed by atoms with Crippen molar-refractivity contribution in [1.82, 2.24) is 10.2 Å². The Labute approximate surface area is 117 Å². The number of benzene rings is 1. The van der Waals surface area contributed by atoms with Crippen molar-refractivity contribution >= 4 is 11.6 Å². The fraction of sp³-hybridized carbons (Fsp3) is 0.333. The predicted molar refractivity (Wildman–Crippen MR) is 76.8 cm³/mol. The molecule has 4 nitrogen and oxygen atoms in total. The van der Waals surface area contributed by atoms with E-state index in [-0.39, 0.29) is 11.7 Å². The lowest BCUT2D eigenvalue weighted by atomic mass is 9.95. The molecule has 2 rings (SSSR count). The van der Waals surface area contributed by atoms with E-state index in [1.165, 1.54) is 12.1 Å². The van der Waals surface area contributed by atoms with Gasteiger partial charge < -0.3 is 5.32 Å². The van der Waals surface area contributed by atoms with Gasteiger partial charge in [0.15, 0.2) is 0 Å². The average molecular weight is 275 g/mol. The maximum atomic E-state index is 13.3. The second-order valence-corrected chi connectivity index (χ2v) is 5.79. The number of aromatic amines is 1. The van der Waals surface area contributed by atoms with Crippen LogP contribution >= 0.6 is 0 Å². The third kappa shape index (κ3) is 2.87. The number of rotatable bonds is 2. The number of carbonyl (C=O) groups excluding carboxylic acids is 1. The number of nitrogens with zero attached hydrogens (tertiary/aromatic N) is 1. The zero-order valence-electron chi connectivity index (χ0n) is 12.0. The molecule has 106 valence electrons. The van der Waals surface area contributed by atoms with Gasteiger partial charge in [-0.3, -0.25) is 9.89 Å². The summed E-state index contributed by atoms with van der Waals surface area (Å²) in [6, 6.07) is 6.13. The van der Waals surface area contributed by atoms with Crippen LogP contribution in [0.4, 0.5) is 10.1 Å². The molecule has 0 aliphatic heterocycles. The first-order valence-corrected chi connectivity index (χ1v) is 6.41. The molecule has 0 bridgehead atoms. The highest BCUT2D eigenvalue weighted by Gasteiger charge is 2.24. The van der Waals surface area contributed by atoms with E-state index in [1.54, 1.807) is 12.1 Å². The van der Waals surface area contributed by atoms with Crippen molar-refractivity contribution in [2.24, 2.45) is 5.41 Å². The Morgan fingerprint density at radius 2 is 2.05 bits per heavy atom. The summed E-state index contributed by atoms with van der Waals surface area (Å²) in [5.74, 6) is -0.448. The van der Waals surface area contributed by atoms with Crippen molar-refractivity contribution in [2.45, 2.75) is 27.7 Å². The molecular weight excluding hydrogens is 257 g/mol. The third-order valence-corrected chi connectivity index (χ3v) is 2.96. The first kappa shape index (κ1) is 14.2. The summed E-state index contributed by atoms with van der Waals surface area (Å²) >= 11 is 0. The molecule has 2 aromatic rings. The van der Waals surface area contributed by atoms with Crippen molar-refractivity contribution in [3.8, 4) is 11.3 Å². The summed E-state index contributed by atoms with van der Waals surface area (Å²) in [4.78, 5) is 12.1.